The summed E-state index contributed by atoms with van der Waals surface area (Å²) in [7, 11) is 0. The first-order valence-corrected chi connectivity index (χ1v) is 7.48. The molecule has 2 rings (SSSR count). The average Bonchev–Trinajstić information content (AvgIpc) is 2.51. The quantitative estimate of drug-likeness (QED) is 0.587. The number of nitrogen functional groups attached to an aromatic ring is 1. The highest BCUT2D eigenvalue weighted by atomic mass is 16.5. The summed E-state index contributed by atoms with van der Waals surface area (Å²) in [6.07, 6.45) is 2.96. The molecule has 0 saturated heterocycles. The van der Waals surface area contributed by atoms with Gasteiger partial charge in [-0.05, 0) is 61.2 Å². The van der Waals surface area contributed by atoms with Gasteiger partial charge in [-0.25, -0.2) is 0 Å². The summed E-state index contributed by atoms with van der Waals surface area (Å²) in [4.78, 5) is 0. The van der Waals surface area contributed by atoms with E-state index in [0.717, 1.165) is 43.1 Å². The standard InChI is InChI=1S/C18H23NO2/c1-2-12-20-17-8-10-18(11-9-17)21-13-4-6-15-5-3-7-16(19)14-15/h3,5,7-11,14H,2,4,6,12-13,19H2,1H3. The maximum absolute atomic E-state index is 5.76. The van der Waals surface area contributed by atoms with Gasteiger partial charge in [0.1, 0.15) is 11.5 Å². The Morgan fingerprint density at radius 3 is 2.19 bits per heavy atom. The normalized spacial score (nSPS) is 10.3. The Morgan fingerprint density at radius 1 is 0.905 bits per heavy atom. The Labute approximate surface area is 126 Å². The van der Waals surface area contributed by atoms with Gasteiger partial charge < -0.3 is 15.2 Å². The van der Waals surface area contributed by atoms with Crippen LogP contribution in [-0.4, -0.2) is 13.2 Å². The van der Waals surface area contributed by atoms with E-state index in [4.69, 9.17) is 15.2 Å². The molecule has 0 aliphatic heterocycles. The highest BCUT2D eigenvalue weighted by Crippen LogP contribution is 2.18. The van der Waals surface area contributed by atoms with E-state index in [1.54, 1.807) is 0 Å². The summed E-state index contributed by atoms with van der Waals surface area (Å²) in [5.41, 5.74) is 7.83. The number of hydrogen-bond acceptors (Lipinski definition) is 3. The van der Waals surface area contributed by atoms with Crippen molar-refractivity contribution in [1.29, 1.82) is 0 Å². The third-order valence-corrected chi connectivity index (χ3v) is 3.13. The molecule has 3 nitrogen and oxygen atoms in total. The summed E-state index contributed by atoms with van der Waals surface area (Å²) in [5, 5.41) is 0. The van der Waals surface area contributed by atoms with E-state index in [9.17, 15) is 0 Å². The molecule has 0 bridgehead atoms. The van der Waals surface area contributed by atoms with Crippen molar-refractivity contribution in [2.45, 2.75) is 26.2 Å². The number of rotatable bonds is 8. The number of aryl methyl sites for hydroxylation is 1. The van der Waals surface area contributed by atoms with E-state index in [2.05, 4.69) is 13.0 Å². The van der Waals surface area contributed by atoms with Crippen molar-refractivity contribution < 1.29 is 9.47 Å². The van der Waals surface area contributed by atoms with Crippen molar-refractivity contribution in [3.63, 3.8) is 0 Å². The Balaban J connectivity index is 1.71. The molecule has 3 heteroatoms. The van der Waals surface area contributed by atoms with Gasteiger partial charge in [0.25, 0.3) is 0 Å². The van der Waals surface area contributed by atoms with Crippen molar-refractivity contribution in [3.8, 4) is 11.5 Å². The van der Waals surface area contributed by atoms with Gasteiger partial charge in [0.2, 0.25) is 0 Å². The molecular weight excluding hydrogens is 262 g/mol. The van der Waals surface area contributed by atoms with Crippen LogP contribution in [0.25, 0.3) is 0 Å². The van der Waals surface area contributed by atoms with Gasteiger partial charge in [-0.3, -0.25) is 0 Å². The molecule has 0 heterocycles. The summed E-state index contributed by atoms with van der Waals surface area (Å²) in [6.45, 7) is 3.54. The van der Waals surface area contributed by atoms with Gasteiger partial charge in [-0.2, -0.15) is 0 Å². The summed E-state index contributed by atoms with van der Waals surface area (Å²) < 4.78 is 11.3. The minimum absolute atomic E-state index is 0.698. The molecule has 2 aromatic carbocycles. The lowest BCUT2D eigenvalue weighted by Crippen LogP contribution is -2.00. The molecule has 0 aliphatic rings. The fourth-order valence-electron chi connectivity index (χ4n) is 2.07. The molecule has 0 unspecified atom stereocenters. The van der Waals surface area contributed by atoms with Crippen molar-refractivity contribution in [3.05, 3.63) is 54.1 Å². The van der Waals surface area contributed by atoms with Crippen LogP contribution in [0.2, 0.25) is 0 Å². The van der Waals surface area contributed by atoms with E-state index in [-0.39, 0.29) is 0 Å². The average molecular weight is 285 g/mol. The third-order valence-electron chi connectivity index (χ3n) is 3.13. The van der Waals surface area contributed by atoms with E-state index in [1.807, 2.05) is 42.5 Å². The first-order chi connectivity index (χ1) is 10.3. The first-order valence-electron chi connectivity index (χ1n) is 7.48. The zero-order valence-corrected chi connectivity index (χ0v) is 12.5. The van der Waals surface area contributed by atoms with Crippen LogP contribution in [0.3, 0.4) is 0 Å². The van der Waals surface area contributed by atoms with Crippen molar-refractivity contribution >= 4 is 5.69 Å². The number of ether oxygens (including phenoxy) is 2. The molecule has 0 aromatic heterocycles. The fourth-order valence-corrected chi connectivity index (χ4v) is 2.07. The number of anilines is 1. The molecular formula is C18H23NO2. The van der Waals surface area contributed by atoms with Crippen LogP contribution in [0.4, 0.5) is 5.69 Å². The molecule has 2 aromatic rings. The van der Waals surface area contributed by atoms with Gasteiger partial charge in [0, 0.05) is 5.69 Å². The first kappa shape index (κ1) is 15.2. The van der Waals surface area contributed by atoms with E-state index in [0.29, 0.717) is 6.61 Å². The molecule has 0 aliphatic carbocycles. The second kappa shape index (κ2) is 8.20. The SMILES string of the molecule is CCCOc1ccc(OCCCc2cccc(N)c2)cc1. The minimum atomic E-state index is 0.698. The Bertz CT molecular complexity index is 537. The number of hydrogen-bond donors (Lipinski definition) is 1. The third kappa shape index (κ3) is 5.38. The van der Waals surface area contributed by atoms with E-state index >= 15 is 0 Å². The molecule has 0 amide bonds. The number of nitrogens with two attached hydrogens (primary N) is 1. The largest absolute Gasteiger partial charge is 0.494 e. The molecule has 0 spiro atoms. The summed E-state index contributed by atoms with van der Waals surface area (Å²) in [6, 6.07) is 15.8. The molecule has 0 fully saturated rings. The maximum atomic E-state index is 5.76. The van der Waals surface area contributed by atoms with Crippen molar-refractivity contribution in [2.24, 2.45) is 0 Å². The lowest BCUT2D eigenvalue weighted by atomic mass is 10.1. The molecule has 2 N–H and O–H groups in total. The zero-order valence-electron chi connectivity index (χ0n) is 12.5. The predicted octanol–water partition coefficient (Wildman–Crippen LogP) is 4.07. The molecule has 0 saturated carbocycles. The predicted molar refractivity (Wildman–Crippen MR) is 86.9 cm³/mol. The smallest absolute Gasteiger partial charge is 0.119 e. The van der Waals surface area contributed by atoms with Gasteiger partial charge in [-0.1, -0.05) is 19.1 Å². The van der Waals surface area contributed by atoms with Gasteiger partial charge >= 0.3 is 0 Å². The zero-order chi connectivity index (χ0) is 14.9. The fraction of sp³-hybridized carbons (Fsp3) is 0.333. The van der Waals surface area contributed by atoms with Crippen LogP contribution in [0, 0.1) is 0 Å². The van der Waals surface area contributed by atoms with Crippen LogP contribution in [0.1, 0.15) is 25.3 Å². The molecule has 0 radical (unpaired) electrons. The molecule has 112 valence electrons. The van der Waals surface area contributed by atoms with Crippen LogP contribution < -0.4 is 15.2 Å². The van der Waals surface area contributed by atoms with Crippen molar-refractivity contribution in [1.82, 2.24) is 0 Å². The highest BCUT2D eigenvalue weighted by Gasteiger charge is 1.98. The van der Waals surface area contributed by atoms with E-state index in [1.165, 1.54) is 5.56 Å². The summed E-state index contributed by atoms with van der Waals surface area (Å²) >= 11 is 0. The maximum Gasteiger partial charge on any atom is 0.119 e. The Hall–Kier alpha value is -2.16. The minimum Gasteiger partial charge on any atom is -0.494 e. The van der Waals surface area contributed by atoms with Gasteiger partial charge in [0.05, 0.1) is 13.2 Å². The number of benzene rings is 2. The van der Waals surface area contributed by atoms with Crippen LogP contribution in [0.15, 0.2) is 48.5 Å². The molecule has 0 atom stereocenters. The second-order valence-corrected chi connectivity index (χ2v) is 5.02. The Kier molecular flexibility index (Phi) is 5.95. The molecule has 21 heavy (non-hydrogen) atoms. The lowest BCUT2D eigenvalue weighted by Gasteiger charge is -2.08. The van der Waals surface area contributed by atoms with Crippen molar-refractivity contribution in [2.75, 3.05) is 18.9 Å². The van der Waals surface area contributed by atoms with Gasteiger partial charge in [0.15, 0.2) is 0 Å². The van der Waals surface area contributed by atoms with Crippen LogP contribution in [-0.2, 0) is 6.42 Å². The summed E-state index contributed by atoms with van der Waals surface area (Å²) in [5.74, 6) is 1.77. The topological polar surface area (TPSA) is 44.5 Å². The second-order valence-electron chi connectivity index (χ2n) is 5.02. The Morgan fingerprint density at radius 2 is 1.57 bits per heavy atom. The van der Waals surface area contributed by atoms with Gasteiger partial charge in [-0.15, -0.1) is 0 Å². The highest BCUT2D eigenvalue weighted by molar-refractivity contribution is 5.40. The van der Waals surface area contributed by atoms with Crippen LogP contribution >= 0.6 is 0 Å². The van der Waals surface area contributed by atoms with E-state index < -0.39 is 0 Å². The lowest BCUT2D eigenvalue weighted by molar-refractivity contribution is 0.305. The van der Waals surface area contributed by atoms with Crippen LogP contribution in [0.5, 0.6) is 11.5 Å². The monoisotopic (exact) mass is 285 g/mol.